The predicted molar refractivity (Wildman–Crippen MR) is 112 cm³/mol. The third-order valence-corrected chi connectivity index (χ3v) is 8.14. The molecule has 1 atom stereocenters. The van der Waals surface area contributed by atoms with Gasteiger partial charge in [0.1, 0.15) is 4.21 Å². The number of amides is 1. The van der Waals surface area contributed by atoms with Crippen molar-refractivity contribution in [3.63, 3.8) is 0 Å². The Balaban J connectivity index is 1.71. The third kappa shape index (κ3) is 4.98. The van der Waals surface area contributed by atoms with Crippen molar-refractivity contribution in [1.29, 1.82) is 0 Å². The fraction of sp³-hybridized carbons (Fsp3) is 0.368. The van der Waals surface area contributed by atoms with Crippen LogP contribution in [0.15, 0.2) is 39.9 Å². The van der Waals surface area contributed by atoms with Gasteiger partial charge in [-0.2, -0.15) is 4.31 Å². The molecule has 0 bridgehead atoms. The summed E-state index contributed by atoms with van der Waals surface area (Å²) in [5, 5.41) is 4.70. The summed E-state index contributed by atoms with van der Waals surface area (Å²) in [5.74, 6) is -1.35. The van der Waals surface area contributed by atoms with E-state index in [1.807, 2.05) is 0 Å². The summed E-state index contributed by atoms with van der Waals surface area (Å²) < 4.78 is 32.1. The minimum atomic E-state index is -3.59. The number of piperidine rings is 1. The summed E-state index contributed by atoms with van der Waals surface area (Å²) in [6, 6.07) is 7.81. The first-order chi connectivity index (χ1) is 13.8. The number of anilines is 1. The van der Waals surface area contributed by atoms with Gasteiger partial charge in [0.05, 0.1) is 23.1 Å². The number of carbonyl (C=O) groups is 2. The van der Waals surface area contributed by atoms with Crippen LogP contribution in [-0.2, 0) is 19.6 Å². The van der Waals surface area contributed by atoms with E-state index in [2.05, 4.69) is 5.32 Å². The molecule has 29 heavy (non-hydrogen) atoms. The number of halogens is 1. The number of benzene rings is 1. The Morgan fingerprint density at radius 3 is 2.83 bits per heavy atom. The van der Waals surface area contributed by atoms with E-state index in [1.165, 1.54) is 16.4 Å². The van der Waals surface area contributed by atoms with Gasteiger partial charge in [-0.1, -0.05) is 17.7 Å². The molecule has 1 saturated heterocycles. The molecule has 1 aromatic carbocycles. The van der Waals surface area contributed by atoms with Crippen LogP contribution in [0.25, 0.3) is 0 Å². The number of nitrogens with one attached hydrogen (secondary N) is 1. The van der Waals surface area contributed by atoms with Crippen LogP contribution in [0.5, 0.6) is 0 Å². The maximum absolute atomic E-state index is 12.7. The second-order valence-corrected chi connectivity index (χ2v) is 10.1. The predicted octanol–water partition coefficient (Wildman–Crippen LogP) is 3.62. The summed E-state index contributed by atoms with van der Waals surface area (Å²) >= 11 is 7.20. The lowest BCUT2D eigenvalue weighted by Gasteiger charge is -2.30. The summed E-state index contributed by atoms with van der Waals surface area (Å²) in [6.07, 6.45) is 1.18. The van der Waals surface area contributed by atoms with Gasteiger partial charge in [0.15, 0.2) is 0 Å². The summed E-state index contributed by atoms with van der Waals surface area (Å²) in [5.41, 5.74) is 0.567. The third-order valence-electron chi connectivity index (χ3n) is 4.57. The van der Waals surface area contributed by atoms with Gasteiger partial charge in [0.25, 0.3) is 10.0 Å². The molecule has 1 aliphatic rings. The average molecular weight is 457 g/mol. The normalized spacial score (nSPS) is 17.7. The number of nitrogens with zero attached hydrogens (tertiary/aromatic N) is 1. The summed E-state index contributed by atoms with van der Waals surface area (Å²) in [4.78, 5) is 24.7. The fourth-order valence-electron chi connectivity index (χ4n) is 3.12. The van der Waals surface area contributed by atoms with E-state index in [4.69, 9.17) is 16.3 Å². The second kappa shape index (κ2) is 9.25. The number of carbonyl (C=O) groups excluding carboxylic acids is 2. The highest BCUT2D eigenvalue weighted by Gasteiger charge is 2.33. The van der Waals surface area contributed by atoms with E-state index >= 15 is 0 Å². The molecule has 1 amide bonds. The van der Waals surface area contributed by atoms with Gasteiger partial charge in [-0.05, 0) is 49.4 Å². The number of hydrogen-bond acceptors (Lipinski definition) is 6. The van der Waals surface area contributed by atoms with Crippen molar-refractivity contribution in [1.82, 2.24) is 4.31 Å². The first-order valence-corrected chi connectivity index (χ1v) is 11.8. The molecule has 0 saturated carbocycles. The fourth-order valence-corrected chi connectivity index (χ4v) is 5.99. The van der Waals surface area contributed by atoms with E-state index < -0.39 is 21.9 Å². The standard InChI is InChI=1S/C19H21ClN2O5S2/c1-2-27-19(24)15-11-14(7-8-16(15)20)21-18(23)13-5-3-9-22(12-13)29(25,26)17-6-4-10-28-17/h4,6-8,10-11,13H,2-3,5,9,12H2,1H3,(H,21,23)/t13-/m0/s1. The molecule has 1 N–H and O–H groups in total. The van der Waals surface area contributed by atoms with Crippen molar-refractivity contribution in [3.05, 3.63) is 46.3 Å². The Morgan fingerprint density at radius 1 is 1.34 bits per heavy atom. The van der Waals surface area contributed by atoms with Gasteiger partial charge in [0, 0.05) is 18.8 Å². The SMILES string of the molecule is CCOC(=O)c1cc(NC(=O)[C@H]2CCCN(S(=O)(=O)c3cccs3)C2)ccc1Cl. The van der Waals surface area contributed by atoms with Crippen LogP contribution in [0.1, 0.15) is 30.1 Å². The zero-order valence-electron chi connectivity index (χ0n) is 15.8. The minimum Gasteiger partial charge on any atom is -0.462 e. The number of sulfonamides is 1. The van der Waals surface area contributed by atoms with Crippen LogP contribution >= 0.6 is 22.9 Å². The topological polar surface area (TPSA) is 92.8 Å². The molecule has 1 aromatic heterocycles. The largest absolute Gasteiger partial charge is 0.462 e. The number of thiophene rings is 1. The molecular weight excluding hydrogens is 436 g/mol. The first-order valence-electron chi connectivity index (χ1n) is 9.14. The molecule has 156 valence electrons. The van der Waals surface area contributed by atoms with Gasteiger partial charge < -0.3 is 10.1 Å². The first kappa shape index (κ1) is 21.8. The Bertz CT molecular complexity index is 992. The minimum absolute atomic E-state index is 0.115. The number of hydrogen-bond donors (Lipinski definition) is 1. The van der Waals surface area contributed by atoms with Gasteiger partial charge in [-0.15, -0.1) is 11.3 Å². The molecule has 0 unspecified atom stereocenters. The number of esters is 1. The van der Waals surface area contributed by atoms with Crippen LogP contribution < -0.4 is 5.32 Å². The Morgan fingerprint density at radius 2 is 2.14 bits per heavy atom. The molecule has 0 aliphatic carbocycles. The van der Waals surface area contributed by atoms with Crippen LogP contribution in [0.2, 0.25) is 5.02 Å². The number of ether oxygens (including phenoxy) is 1. The van der Waals surface area contributed by atoms with Crippen molar-refractivity contribution in [3.8, 4) is 0 Å². The summed E-state index contributed by atoms with van der Waals surface area (Å²) in [7, 11) is -3.59. The van der Waals surface area contributed by atoms with Crippen LogP contribution in [0.3, 0.4) is 0 Å². The molecule has 2 aromatic rings. The molecule has 2 heterocycles. The van der Waals surface area contributed by atoms with Crippen molar-refractivity contribution < 1.29 is 22.7 Å². The molecule has 1 fully saturated rings. The van der Waals surface area contributed by atoms with Crippen LogP contribution in [-0.4, -0.2) is 44.3 Å². The molecule has 10 heteroatoms. The van der Waals surface area contributed by atoms with E-state index in [-0.39, 0.29) is 33.9 Å². The lowest BCUT2D eigenvalue weighted by Crippen LogP contribution is -2.43. The van der Waals surface area contributed by atoms with Crippen LogP contribution in [0.4, 0.5) is 5.69 Å². The zero-order valence-corrected chi connectivity index (χ0v) is 18.1. The molecular formula is C19H21ClN2O5S2. The highest BCUT2D eigenvalue weighted by Crippen LogP contribution is 2.28. The Labute approximate surface area is 178 Å². The molecule has 0 spiro atoms. The van der Waals surface area contributed by atoms with Gasteiger partial charge in [0.2, 0.25) is 5.91 Å². The van der Waals surface area contributed by atoms with Gasteiger partial charge in [-0.25, -0.2) is 13.2 Å². The maximum Gasteiger partial charge on any atom is 0.339 e. The van der Waals surface area contributed by atoms with Gasteiger partial charge in [-0.3, -0.25) is 4.79 Å². The highest BCUT2D eigenvalue weighted by atomic mass is 35.5. The van der Waals surface area contributed by atoms with E-state index in [1.54, 1.807) is 30.5 Å². The smallest absolute Gasteiger partial charge is 0.339 e. The number of rotatable bonds is 6. The molecule has 1 aliphatic heterocycles. The Hall–Kier alpha value is -1.94. The van der Waals surface area contributed by atoms with Gasteiger partial charge >= 0.3 is 5.97 Å². The Kier molecular flexibility index (Phi) is 6.94. The summed E-state index contributed by atoms with van der Waals surface area (Å²) in [6.45, 7) is 2.40. The van der Waals surface area contributed by atoms with Crippen molar-refractivity contribution in [2.24, 2.45) is 5.92 Å². The van der Waals surface area contributed by atoms with Crippen LogP contribution in [0, 0.1) is 5.92 Å². The second-order valence-electron chi connectivity index (χ2n) is 6.54. The van der Waals surface area contributed by atoms with E-state index in [0.717, 1.165) is 11.3 Å². The van der Waals surface area contributed by atoms with Crippen molar-refractivity contribution in [2.75, 3.05) is 25.0 Å². The monoisotopic (exact) mass is 456 g/mol. The average Bonchev–Trinajstić information content (AvgIpc) is 3.25. The zero-order chi connectivity index (χ0) is 21.0. The van der Waals surface area contributed by atoms with Crippen molar-refractivity contribution >= 4 is 50.5 Å². The quantitative estimate of drug-likeness (QED) is 0.670. The molecule has 7 nitrogen and oxygen atoms in total. The lowest BCUT2D eigenvalue weighted by atomic mass is 9.98. The highest BCUT2D eigenvalue weighted by molar-refractivity contribution is 7.91. The van der Waals surface area contributed by atoms with Crippen molar-refractivity contribution in [2.45, 2.75) is 24.0 Å². The lowest BCUT2D eigenvalue weighted by molar-refractivity contribution is -0.120. The van der Waals surface area contributed by atoms with E-state index in [9.17, 15) is 18.0 Å². The maximum atomic E-state index is 12.7. The molecule has 0 radical (unpaired) electrons. The van der Waals surface area contributed by atoms with E-state index in [0.29, 0.717) is 25.1 Å². The molecule has 3 rings (SSSR count).